The predicted octanol–water partition coefficient (Wildman–Crippen LogP) is 5.62. The van der Waals surface area contributed by atoms with E-state index in [2.05, 4.69) is 6.92 Å². The number of hydrogen-bond acceptors (Lipinski definition) is 6. The van der Waals surface area contributed by atoms with Crippen molar-refractivity contribution in [3.05, 3.63) is 23.8 Å². The van der Waals surface area contributed by atoms with Crippen LogP contribution in [0.25, 0.3) is 0 Å². The largest absolute Gasteiger partial charge is 0.496 e. The van der Waals surface area contributed by atoms with E-state index < -0.39 is 25.0 Å². The van der Waals surface area contributed by atoms with Crippen molar-refractivity contribution in [1.82, 2.24) is 0 Å². The number of benzene rings is 1. The molecule has 1 saturated carbocycles. The van der Waals surface area contributed by atoms with Crippen LogP contribution in [0.15, 0.2) is 18.2 Å². The first-order valence-corrected chi connectivity index (χ1v) is 11.5. The first-order chi connectivity index (χ1) is 14.4. The number of ketones is 1. The van der Waals surface area contributed by atoms with Gasteiger partial charge in [-0.1, -0.05) is 45.1 Å². The number of carbonyl (C=O) groups is 2. The molecule has 0 N–H and O–H groups in total. The molecule has 0 aliphatic heterocycles. The highest BCUT2D eigenvalue weighted by molar-refractivity contribution is 7.28. The van der Waals surface area contributed by atoms with Crippen molar-refractivity contribution in [1.29, 1.82) is 0 Å². The molecular weight excluding hydrogens is 403 g/mol. The molecule has 0 heterocycles. The molecule has 7 heteroatoms. The highest BCUT2D eigenvalue weighted by atomic mass is 31.1. The molecule has 0 saturated heterocycles. The molecule has 0 amide bonds. The van der Waals surface area contributed by atoms with E-state index in [4.69, 9.17) is 14.2 Å². The summed E-state index contributed by atoms with van der Waals surface area (Å²) in [6.45, 7) is 3.92. The molecule has 1 fully saturated rings. The predicted molar refractivity (Wildman–Crippen MR) is 116 cm³/mol. The van der Waals surface area contributed by atoms with Crippen LogP contribution in [-0.2, 0) is 14.1 Å². The third kappa shape index (κ3) is 4.54. The van der Waals surface area contributed by atoms with Gasteiger partial charge in [0.15, 0.2) is 19.4 Å². The second-order valence-electron chi connectivity index (χ2n) is 8.02. The number of esters is 1. The molecule has 0 spiro atoms. The summed E-state index contributed by atoms with van der Waals surface area (Å²) in [6, 6.07) is 5.14. The van der Waals surface area contributed by atoms with Gasteiger partial charge in [-0.25, -0.2) is 0 Å². The van der Waals surface area contributed by atoms with Crippen molar-refractivity contribution in [3.8, 4) is 11.5 Å². The highest BCUT2D eigenvalue weighted by Crippen LogP contribution is 2.55. The van der Waals surface area contributed by atoms with Crippen LogP contribution in [0.2, 0.25) is 0 Å². The fraction of sp³-hybridized carbons (Fsp3) is 0.652. The number of rotatable bonds is 11. The lowest BCUT2D eigenvalue weighted by Gasteiger charge is -2.44. The Kier molecular flexibility index (Phi) is 8.84. The number of carbonyl (C=O) groups excluding carboxylic acids is 2. The molecule has 6 nitrogen and oxygen atoms in total. The Morgan fingerprint density at radius 1 is 1.07 bits per heavy atom. The summed E-state index contributed by atoms with van der Waals surface area (Å²) in [5, 5.41) is -1.48. The molecule has 30 heavy (non-hydrogen) atoms. The minimum atomic E-state index is -1.48. The van der Waals surface area contributed by atoms with Gasteiger partial charge in [0.25, 0.3) is 0 Å². The molecule has 1 atom stereocenters. The van der Waals surface area contributed by atoms with E-state index in [0.717, 1.165) is 38.5 Å². The maximum absolute atomic E-state index is 14.1. The van der Waals surface area contributed by atoms with Gasteiger partial charge in [0.05, 0.1) is 26.2 Å². The van der Waals surface area contributed by atoms with Gasteiger partial charge in [-0.2, -0.15) is 0 Å². The number of Topliss-reactive ketones (excluding diaryl/α,β-unsaturated/α-hetero) is 1. The van der Waals surface area contributed by atoms with Crippen LogP contribution in [0, 0.1) is 5.41 Å². The molecule has 1 aliphatic carbocycles. The molecule has 1 aliphatic rings. The topological polar surface area (TPSA) is 78.9 Å². The average Bonchev–Trinajstić information content (AvgIpc) is 2.80. The molecule has 0 bridgehead atoms. The van der Waals surface area contributed by atoms with Gasteiger partial charge in [0.2, 0.25) is 0 Å². The van der Waals surface area contributed by atoms with Crippen molar-refractivity contribution in [2.45, 2.75) is 70.4 Å². The van der Waals surface area contributed by atoms with E-state index in [9.17, 15) is 14.2 Å². The normalized spacial score (nSPS) is 17.7. The summed E-state index contributed by atoms with van der Waals surface area (Å²) < 4.78 is 28.9. The minimum Gasteiger partial charge on any atom is -0.496 e. The van der Waals surface area contributed by atoms with Crippen LogP contribution in [0.1, 0.15) is 75.6 Å². The SMILES string of the molecule is CCCCCOC(=O)C(C)(P=O)C1(C(=O)c2c(OC)cccc2OC)CCCCC1. The minimum absolute atomic E-state index is 0.264. The summed E-state index contributed by atoms with van der Waals surface area (Å²) in [7, 11) is 2.57. The summed E-state index contributed by atoms with van der Waals surface area (Å²) >= 11 is 0. The third-order valence-electron chi connectivity index (χ3n) is 6.29. The quantitative estimate of drug-likeness (QED) is 0.194. The van der Waals surface area contributed by atoms with Gasteiger partial charge in [0.1, 0.15) is 17.1 Å². The van der Waals surface area contributed by atoms with E-state index in [-0.39, 0.29) is 18.0 Å². The van der Waals surface area contributed by atoms with Crippen LogP contribution in [-0.4, -0.2) is 37.7 Å². The van der Waals surface area contributed by atoms with Gasteiger partial charge in [-0.3, -0.25) is 14.2 Å². The van der Waals surface area contributed by atoms with Crippen LogP contribution < -0.4 is 9.47 Å². The lowest BCUT2D eigenvalue weighted by molar-refractivity contribution is -0.150. The zero-order valence-electron chi connectivity index (χ0n) is 18.5. The molecule has 166 valence electrons. The van der Waals surface area contributed by atoms with E-state index in [1.807, 2.05) is 0 Å². The first-order valence-electron chi connectivity index (χ1n) is 10.7. The maximum Gasteiger partial charge on any atom is 0.324 e. The zero-order valence-corrected chi connectivity index (χ0v) is 19.4. The Morgan fingerprint density at radius 2 is 1.67 bits per heavy atom. The van der Waals surface area contributed by atoms with Crippen molar-refractivity contribution < 1.29 is 28.4 Å². The Morgan fingerprint density at radius 3 is 2.17 bits per heavy atom. The van der Waals surface area contributed by atoms with E-state index in [0.29, 0.717) is 24.3 Å². The molecule has 0 radical (unpaired) electrons. The fourth-order valence-corrected chi connectivity index (χ4v) is 5.02. The highest BCUT2D eigenvalue weighted by Gasteiger charge is 2.60. The molecule has 0 aromatic heterocycles. The van der Waals surface area contributed by atoms with Gasteiger partial charge >= 0.3 is 5.97 Å². The van der Waals surface area contributed by atoms with Gasteiger partial charge < -0.3 is 14.2 Å². The Balaban J connectivity index is 2.52. The fourth-order valence-electron chi connectivity index (χ4n) is 4.38. The zero-order chi connectivity index (χ0) is 22.2. The lowest BCUT2D eigenvalue weighted by atomic mass is 9.61. The van der Waals surface area contributed by atoms with Gasteiger partial charge in [-0.15, -0.1) is 0 Å². The number of ether oxygens (including phenoxy) is 3. The monoisotopic (exact) mass is 436 g/mol. The smallest absolute Gasteiger partial charge is 0.324 e. The average molecular weight is 436 g/mol. The van der Waals surface area contributed by atoms with Gasteiger partial charge in [-0.05, 0) is 38.3 Å². The van der Waals surface area contributed by atoms with Crippen LogP contribution in [0.4, 0.5) is 0 Å². The van der Waals surface area contributed by atoms with Crippen molar-refractivity contribution in [2.75, 3.05) is 20.8 Å². The Hall–Kier alpha value is -1.94. The van der Waals surface area contributed by atoms with E-state index in [1.54, 1.807) is 25.1 Å². The van der Waals surface area contributed by atoms with Crippen LogP contribution in [0.5, 0.6) is 11.5 Å². The first kappa shape index (κ1) is 24.3. The summed E-state index contributed by atoms with van der Waals surface area (Å²) in [5.41, 5.74) is -0.865. The molecule has 1 aromatic rings. The van der Waals surface area contributed by atoms with Crippen molar-refractivity contribution in [2.24, 2.45) is 5.41 Å². The standard InChI is InChI=1S/C23H33O6P/c1-5-6-10-16-29-21(25)22(2,30-26)23(14-8-7-9-15-23)20(24)19-17(27-3)12-11-13-18(19)28-4/h11-13H,5-10,14-16H2,1-4H3. The number of hydrogen-bond donors (Lipinski definition) is 0. The van der Waals surface area contributed by atoms with Gasteiger partial charge in [0, 0.05) is 0 Å². The van der Waals surface area contributed by atoms with E-state index >= 15 is 0 Å². The second kappa shape index (κ2) is 10.9. The van der Waals surface area contributed by atoms with Crippen LogP contribution in [0.3, 0.4) is 0 Å². The number of methoxy groups -OCH3 is 2. The summed E-state index contributed by atoms with van der Waals surface area (Å²) in [5.74, 6) is -0.0942. The third-order valence-corrected chi connectivity index (χ3v) is 7.27. The second-order valence-corrected chi connectivity index (χ2v) is 9.09. The van der Waals surface area contributed by atoms with Crippen LogP contribution >= 0.6 is 8.46 Å². The van der Waals surface area contributed by atoms with Crippen molar-refractivity contribution in [3.63, 3.8) is 0 Å². The Bertz CT molecular complexity index is 734. The molecular formula is C23H33O6P. The number of unbranched alkanes of at least 4 members (excludes halogenated alkanes) is 2. The molecule has 1 aromatic carbocycles. The Labute approximate surface area is 180 Å². The molecule has 2 rings (SSSR count). The lowest BCUT2D eigenvalue weighted by Crippen LogP contribution is -2.54. The van der Waals surface area contributed by atoms with E-state index in [1.165, 1.54) is 14.2 Å². The summed E-state index contributed by atoms with van der Waals surface area (Å²) in [4.78, 5) is 27.2. The summed E-state index contributed by atoms with van der Waals surface area (Å²) in [6.07, 6.45) is 6.14. The molecule has 1 unspecified atom stereocenters. The maximum atomic E-state index is 14.1. The van der Waals surface area contributed by atoms with Crippen molar-refractivity contribution >= 4 is 20.2 Å².